The molecule has 0 bridgehead atoms. The van der Waals surface area contributed by atoms with E-state index in [1.807, 2.05) is 31.2 Å². The number of hydrogen-bond donors (Lipinski definition) is 6. The van der Waals surface area contributed by atoms with E-state index < -0.39 is 35.3 Å². The zero-order valence-corrected chi connectivity index (χ0v) is 27.3. The molecule has 0 aliphatic rings. The van der Waals surface area contributed by atoms with Crippen molar-refractivity contribution >= 4 is 45.6 Å². The predicted octanol–water partition coefficient (Wildman–Crippen LogP) is 5.89. The van der Waals surface area contributed by atoms with Crippen LogP contribution in [0.5, 0.6) is 11.5 Å². The number of nitrogens with zero attached hydrogens (tertiary/aromatic N) is 2. The van der Waals surface area contributed by atoms with Crippen LogP contribution >= 0.6 is 0 Å². The summed E-state index contributed by atoms with van der Waals surface area (Å²) < 4.78 is 12.9. The van der Waals surface area contributed by atoms with Gasteiger partial charge < -0.3 is 31.1 Å². The van der Waals surface area contributed by atoms with E-state index in [9.17, 15) is 33.8 Å². The third-order valence-electron chi connectivity index (χ3n) is 7.86. The molecule has 2 amide bonds. The maximum Gasteiger partial charge on any atom is 0.339 e. The van der Waals surface area contributed by atoms with Crippen LogP contribution in [0.2, 0.25) is 0 Å². The highest BCUT2D eigenvalue weighted by Gasteiger charge is 2.18. The number of amides is 2. The van der Waals surface area contributed by atoms with Crippen LogP contribution in [0, 0.1) is 19.7 Å². The second-order valence-corrected chi connectivity index (χ2v) is 11.5. The molecule has 0 unspecified atom stereocenters. The van der Waals surface area contributed by atoms with Crippen molar-refractivity contribution in [3.63, 3.8) is 0 Å². The van der Waals surface area contributed by atoms with Gasteiger partial charge in [0, 0.05) is 23.9 Å². The number of aromatic nitrogens is 2. The number of pyridine rings is 2. The molecule has 0 saturated heterocycles. The Balaban J connectivity index is 0.000000198. The lowest BCUT2D eigenvalue weighted by atomic mass is 10.0. The summed E-state index contributed by atoms with van der Waals surface area (Å²) in [6.45, 7) is 4.25. The van der Waals surface area contributed by atoms with Crippen LogP contribution in [0.15, 0.2) is 91.0 Å². The lowest BCUT2D eigenvalue weighted by Crippen LogP contribution is -2.24. The molecule has 6 N–H and O–H groups in total. The molecular formula is C38H31FN4O8. The average Bonchev–Trinajstić information content (AvgIpc) is 3.11. The van der Waals surface area contributed by atoms with Crippen LogP contribution in [0.4, 0.5) is 4.39 Å². The lowest BCUT2D eigenvalue weighted by molar-refractivity contribution is 0.0682. The van der Waals surface area contributed by atoms with Gasteiger partial charge in [-0.05, 0) is 66.9 Å². The van der Waals surface area contributed by atoms with E-state index in [0.717, 1.165) is 11.1 Å². The molecule has 0 saturated carbocycles. The van der Waals surface area contributed by atoms with E-state index in [0.29, 0.717) is 28.4 Å². The van der Waals surface area contributed by atoms with Crippen molar-refractivity contribution in [1.29, 1.82) is 0 Å². The number of nitrogens with one attached hydrogen (secondary N) is 2. The molecule has 12 nitrogen and oxygen atoms in total. The largest absolute Gasteiger partial charge is 0.505 e. The van der Waals surface area contributed by atoms with Crippen LogP contribution in [0.25, 0.3) is 21.8 Å². The molecular weight excluding hydrogens is 659 g/mol. The summed E-state index contributed by atoms with van der Waals surface area (Å²) >= 11 is 0. The predicted molar refractivity (Wildman–Crippen MR) is 185 cm³/mol. The average molecular weight is 691 g/mol. The Morgan fingerprint density at radius 2 is 1.12 bits per heavy atom. The molecule has 6 aromatic rings. The molecule has 2 aromatic heterocycles. The summed E-state index contributed by atoms with van der Waals surface area (Å²) in [4.78, 5) is 55.2. The smallest absolute Gasteiger partial charge is 0.339 e. The number of aryl methyl sites for hydroxylation is 2. The molecule has 2 heterocycles. The molecule has 4 aromatic carbocycles. The number of aromatic hydroxyl groups is 2. The third-order valence-corrected chi connectivity index (χ3v) is 7.86. The molecule has 6 rings (SSSR count). The van der Waals surface area contributed by atoms with E-state index in [-0.39, 0.29) is 45.9 Å². The van der Waals surface area contributed by atoms with E-state index in [1.54, 1.807) is 43.3 Å². The maximum absolute atomic E-state index is 12.9. The van der Waals surface area contributed by atoms with Gasteiger partial charge in [0.1, 0.15) is 39.4 Å². The van der Waals surface area contributed by atoms with Crippen LogP contribution in [-0.2, 0) is 13.1 Å². The number of carbonyl (C=O) groups excluding carboxylic acids is 2. The first kappa shape index (κ1) is 35.4. The van der Waals surface area contributed by atoms with E-state index >= 15 is 0 Å². The first-order valence-electron chi connectivity index (χ1n) is 15.4. The first-order chi connectivity index (χ1) is 24.3. The van der Waals surface area contributed by atoms with Crippen LogP contribution in [-0.4, -0.2) is 54.1 Å². The van der Waals surface area contributed by atoms with Crippen molar-refractivity contribution in [2.75, 3.05) is 0 Å². The molecule has 0 aliphatic carbocycles. The van der Waals surface area contributed by atoms with Gasteiger partial charge in [-0.2, -0.15) is 0 Å². The Hall–Kier alpha value is -6.89. The fraction of sp³-hybridized carbons (Fsp3) is 0.105. The van der Waals surface area contributed by atoms with Crippen molar-refractivity contribution in [3.05, 3.63) is 142 Å². The Morgan fingerprint density at radius 1 is 0.627 bits per heavy atom. The van der Waals surface area contributed by atoms with Gasteiger partial charge in [-0.1, -0.05) is 60.2 Å². The molecule has 0 aliphatic heterocycles. The molecule has 51 heavy (non-hydrogen) atoms. The number of rotatable bonds is 8. The number of halogens is 1. The lowest BCUT2D eigenvalue weighted by Gasteiger charge is -2.10. The Kier molecular flexibility index (Phi) is 10.5. The normalized spacial score (nSPS) is 10.6. The number of benzene rings is 4. The van der Waals surface area contributed by atoms with E-state index in [2.05, 4.69) is 20.6 Å². The minimum atomic E-state index is -1.28. The second-order valence-electron chi connectivity index (χ2n) is 11.5. The standard InChI is InChI=1S/C19H15FN2O4.C19H16N2O4/c1-10-8-15(18(24)21-9-11-2-4-12(20)5-3-11)22-16-13(10)6-7-14(17(16)23)19(25)26;1-11-2-4-12(5-3-11)10-20-18(23)15-9-7-13-6-8-14(19(24)25)17(22)16(13)21-15/h2-8,23H,9H2,1H3,(H,21,24)(H,25,26);2-9,22H,10H2,1H3,(H,20,23)(H,24,25). The zero-order valence-electron chi connectivity index (χ0n) is 27.3. The fourth-order valence-electron chi connectivity index (χ4n) is 5.06. The Labute approximate surface area is 289 Å². The van der Waals surface area contributed by atoms with Gasteiger partial charge in [0.05, 0.1) is 0 Å². The minimum Gasteiger partial charge on any atom is -0.505 e. The highest BCUT2D eigenvalue weighted by Crippen LogP contribution is 2.30. The minimum absolute atomic E-state index is 0.0509. The van der Waals surface area contributed by atoms with Gasteiger partial charge >= 0.3 is 11.9 Å². The number of aromatic carboxylic acids is 2. The van der Waals surface area contributed by atoms with Gasteiger partial charge in [0.2, 0.25) is 0 Å². The van der Waals surface area contributed by atoms with Crippen molar-refractivity contribution in [1.82, 2.24) is 20.6 Å². The van der Waals surface area contributed by atoms with Crippen LogP contribution in [0.1, 0.15) is 63.9 Å². The fourth-order valence-corrected chi connectivity index (χ4v) is 5.06. The number of fused-ring (bicyclic) bond motifs is 2. The van der Waals surface area contributed by atoms with E-state index in [4.69, 9.17) is 10.2 Å². The molecule has 0 fully saturated rings. The number of hydrogen-bond acceptors (Lipinski definition) is 8. The molecule has 0 spiro atoms. The molecule has 13 heteroatoms. The second kappa shape index (κ2) is 15.1. The van der Waals surface area contributed by atoms with Crippen molar-refractivity contribution < 1.29 is 44.0 Å². The monoisotopic (exact) mass is 690 g/mol. The summed E-state index contributed by atoms with van der Waals surface area (Å²) in [5.74, 6) is -4.71. The summed E-state index contributed by atoms with van der Waals surface area (Å²) in [7, 11) is 0. The molecule has 258 valence electrons. The molecule has 0 radical (unpaired) electrons. The Bertz CT molecular complexity index is 2310. The topological polar surface area (TPSA) is 199 Å². The van der Waals surface area contributed by atoms with Gasteiger partial charge in [-0.25, -0.2) is 23.9 Å². The number of carbonyl (C=O) groups is 4. The van der Waals surface area contributed by atoms with Gasteiger partial charge in [-0.15, -0.1) is 0 Å². The first-order valence-corrected chi connectivity index (χ1v) is 15.4. The van der Waals surface area contributed by atoms with Crippen LogP contribution < -0.4 is 10.6 Å². The summed E-state index contributed by atoms with van der Waals surface area (Å²) in [5.41, 5.74) is 3.24. The highest BCUT2D eigenvalue weighted by molar-refractivity contribution is 6.02. The number of carboxylic acids is 2. The van der Waals surface area contributed by atoms with Crippen molar-refractivity contribution in [3.8, 4) is 11.5 Å². The summed E-state index contributed by atoms with van der Waals surface area (Å²) in [5, 5.41) is 45.0. The zero-order chi connectivity index (χ0) is 36.8. The summed E-state index contributed by atoms with van der Waals surface area (Å²) in [6, 6.07) is 23.9. The highest BCUT2D eigenvalue weighted by atomic mass is 19.1. The van der Waals surface area contributed by atoms with Crippen molar-refractivity contribution in [2.24, 2.45) is 0 Å². The van der Waals surface area contributed by atoms with E-state index in [1.165, 1.54) is 30.3 Å². The molecule has 0 atom stereocenters. The summed E-state index contributed by atoms with van der Waals surface area (Å²) in [6.07, 6.45) is 0. The van der Waals surface area contributed by atoms with Gasteiger partial charge in [0.15, 0.2) is 11.5 Å². The SMILES string of the molecule is Cc1cc(C(=O)NCc2ccc(F)cc2)nc2c(O)c(C(=O)O)ccc12.Cc1ccc(CNC(=O)c2ccc3ccc(C(=O)O)c(O)c3n2)cc1. The third kappa shape index (κ3) is 8.23. The quantitative estimate of drug-likeness (QED) is 0.112. The number of phenols is 2. The van der Waals surface area contributed by atoms with Crippen LogP contribution in [0.3, 0.4) is 0 Å². The number of carboxylic acid groups (broad SMARTS) is 2. The Morgan fingerprint density at radius 3 is 1.71 bits per heavy atom. The van der Waals surface area contributed by atoms with Gasteiger partial charge in [-0.3, -0.25) is 9.59 Å². The maximum atomic E-state index is 12.9. The van der Waals surface area contributed by atoms with Gasteiger partial charge in [0.25, 0.3) is 11.8 Å². The van der Waals surface area contributed by atoms with Crippen molar-refractivity contribution in [2.45, 2.75) is 26.9 Å².